The molecule has 0 aliphatic carbocycles. The van der Waals surface area contributed by atoms with Gasteiger partial charge >= 0.3 is 6.18 Å². The predicted octanol–water partition coefficient (Wildman–Crippen LogP) is 6.87. The first kappa shape index (κ1) is 19.7. The van der Waals surface area contributed by atoms with Crippen LogP contribution in [0.1, 0.15) is 19.4 Å². The zero-order valence-corrected chi connectivity index (χ0v) is 15.4. The van der Waals surface area contributed by atoms with Crippen LogP contribution < -0.4 is 4.74 Å². The van der Waals surface area contributed by atoms with Crippen molar-refractivity contribution in [3.63, 3.8) is 0 Å². The van der Waals surface area contributed by atoms with Gasteiger partial charge in [-0.25, -0.2) is 0 Å². The Kier molecular flexibility index (Phi) is 6.85. The molecule has 134 valence electrons. The van der Waals surface area contributed by atoms with Crippen LogP contribution in [0.15, 0.2) is 64.6 Å². The lowest BCUT2D eigenvalue weighted by Gasteiger charge is -2.13. The third-order valence-electron chi connectivity index (χ3n) is 3.54. The summed E-state index contributed by atoms with van der Waals surface area (Å²) in [6, 6.07) is 12.3. The summed E-state index contributed by atoms with van der Waals surface area (Å²) in [5.41, 5.74) is 1.51. The molecule has 0 fully saturated rings. The molecule has 0 spiro atoms. The van der Waals surface area contributed by atoms with Crippen molar-refractivity contribution in [1.29, 1.82) is 0 Å². The summed E-state index contributed by atoms with van der Waals surface area (Å²) < 4.78 is 43.4. The van der Waals surface area contributed by atoms with Gasteiger partial charge in [0.1, 0.15) is 12.4 Å². The Bertz CT molecular complexity index is 735. The van der Waals surface area contributed by atoms with Gasteiger partial charge in [0, 0.05) is 10.6 Å². The molecule has 0 atom stereocenters. The quantitative estimate of drug-likeness (QED) is 0.396. The number of benzene rings is 2. The molecule has 2 rings (SSSR count). The number of thioether (sulfide) groups is 1. The SMILES string of the molecule is CC(C)=C(COc1ccc(C(F)(F)F)cc1)CSc1ccccc1Cl. The van der Waals surface area contributed by atoms with Gasteiger partial charge in [-0.2, -0.15) is 13.2 Å². The molecule has 0 aliphatic heterocycles. The number of alkyl halides is 3. The van der Waals surface area contributed by atoms with Gasteiger partial charge in [0.15, 0.2) is 0 Å². The highest BCUT2D eigenvalue weighted by molar-refractivity contribution is 7.99. The van der Waals surface area contributed by atoms with E-state index in [4.69, 9.17) is 16.3 Å². The standard InChI is InChI=1S/C19H18ClF3OS/c1-13(2)14(12-25-18-6-4-3-5-17(18)20)11-24-16-9-7-15(8-10-16)19(21,22)23/h3-10H,11-12H2,1-2H3. The Morgan fingerprint density at radius 3 is 2.24 bits per heavy atom. The largest absolute Gasteiger partial charge is 0.489 e. The summed E-state index contributed by atoms with van der Waals surface area (Å²) in [6.45, 7) is 4.29. The van der Waals surface area contributed by atoms with Gasteiger partial charge in [0.25, 0.3) is 0 Å². The van der Waals surface area contributed by atoms with Crippen LogP contribution in [-0.4, -0.2) is 12.4 Å². The minimum Gasteiger partial charge on any atom is -0.489 e. The van der Waals surface area contributed by atoms with Gasteiger partial charge in [-0.3, -0.25) is 0 Å². The third-order valence-corrected chi connectivity index (χ3v) is 5.14. The second-order valence-electron chi connectivity index (χ2n) is 5.63. The van der Waals surface area contributed by atoms with Crippen LogP contribution in [0.5, 0.6) is 5.75 Å². The molecule has 2 aromatic carbocycles. The van der Waals surface area contributed by atoms with Crippen molar-refractivity contribution in [3.05, 3.63) is 70.3 Å². The number of hydrogen-bond acceptors (Lipinski definition) is 2. The second-order valence-corrected chi connectivity index (χ2v) is 7.06. The van der Waals surface area contributed by atoms with Crippen LogP contribution in [-0.2, 0) is 6.18 Å². The van der Waals surface area contributed by atoms with Gasteiger partial charge in [-0.1, -0.05) is 29.3 Å². The molecule has 25 heavy (non-hydrogen) atoms. The van der Waals surface area contributed by atoms with E-state index in [-0.39, 0.29) is 0 Å². The fourth-order valence-corrected chi connectivity index (χ4v) is 3.35. The van der Waals surface area contributed by atoms with Gasteiger partial charge in [0.05, 0.1) is 10.6 Å². The van der Waals surface area contributed by atoms with E-state index >= 15 is 0 Å². The first-order valence-corrected chi connectivity index (χ1v) is 8.96. The molecule has 0 heterocycles. The Hall–Kier alpha value is -1.59. The zero-order chi connectivity index (χ0) is 18.4. The van der Waals surface area contributed by atoms with E-state index in [1.165, 1.54) is 12.1 Å². The summed E-state index contributed by atoms with van der Waals surface area (Å²) in [7, 11) is 0. The third kappa shape index (κ3) is 6.01. The predicted molar refractivity (Wildman–Crippen MR) is 97.5 cm³/mol. The van der Waals surface area contributed by atoms with Gasteiger partial charge in [0.2, 0.25) is 0 Å². The molecule has 1 nitrogen and oxygen atoms in total. The van der Waals surface area contributed by atoms with Crippen LogP contribution in [0.3, 0.4) is 0 Å². The van der Waals surface area contributed by atoms with Gasteiger partial charge in [-0.15, -0.1) is 11.8 Å². The van der Waals surface area contributed by atoms with E-state index in [2.05, 4.69) is 0 Å². The topological polar surface area (TPSA) is 9.23 Å². The summed E-state index contributed by atoms with van der Waals surface area (Å²) >= 11 is 7.76. The van der Waals surface area contributed by atoms with Crippen molar-refractivity contribution in [2.24, 2.45) is 0 Å². The summed E-state index contributed by atoms with van der Waals surface area (Å²) in [6.07, 6.45) is -4.34. The molecule has 0 saturated carbocycles. The van der Waals surface area contributed by atoms with Crippen LogP contribution >= 0.6 is 23.4 Å². The molecule has 0 saturated heterocycles. The molecule has 0 radical (unpaired) electrons. The van der Waals surface area contributed by atoms with Crippen molar-refractivity contribution >= 4 is 23.4 Å². The van der Waals surface area contributed by atoms with Crippen LogP contribution in [0, 0.1) is 0 Å². The van der Waals surface area contributed by atoms with E-state index < -0.39 is 11.7 Å². The molecule has 0 amide bonds. The fourth-order valence-electron chi connectivity index (χ4n) is 1.97. The molecule has 0 aliphatic rings. The molecule has 2 aromatic rings. The van der Waals surface area contributed by atoms with Crippen molar-refractivity contribution in [2.45, 2.75) is 24.9 Å². The van der Waals surface area contributed by atoms with Crippen molar-refractivity contribution < 1.29 is 17.9 Å². The first-order valence-electron chi connectivity index (χ1n) is 7.60. The monoisotopic (exact) mass is 386 g/mol. The number of allylic oxidation sites excluding steroid dienone is 1. The van der Waals surface area contributed by atoms with E-state index in [1.54, 1.807) is 11.8 Å². The Morgan fingerprint density at radius 2 is 1.68 bits per heavy atom. The van der Waals surface area contributed by atoms with Gasteiger partial charge < -0.3 is 4.74 Å². The zero-order valence-electron chi connectivity index (χ0n) is 13.9. The molecular weight excluding hydrogens is 369 g/mol. The normalized spacial score (nSPS) is 11.3. The highest BCUT2D eigenvalue weighted by Crippen LogP contribution is 2.31. The highest BCUT2D eigenvalue weighted by atomic mass is 35.5. The van der Waals surface area contributed by atoms with Crippen LogP contribution in [0.25, 0.3) is 0 Å². The maximum atomic E-state index is 12.6. The average Bonchev–Trinajstić information content (AvgIpc) is 2.55. The fraction of sp³-hybridized carbons (Fsp3) is 0.263. The molecule has 0 aromatic heterocycles. The van der Waals surface area contributed by atoms with E-state index in [0.717, 1.165) is 28.2 Å². The number of ether oxygens (including phenoxy) is 1. The van der Waals surface area contributed by atoms with Crippen LogP contribution in [0.2, 0.25) is 5.02 Å². The maximum Gasteiger partial charge on any atom is 0.416 e. The van der Waals surface area contributed by atoms with Gasteiger partial charge in [-0.05, 0) is 55.8 Å². The Morgan fingerprint density at radius 1 is 1.04 bits per heavy atom. The molecule has 0 N–H and O–H groups in total. The van der Waals surface area contributed by atoms with E-state index in [1.807, 2.05) is 38.1 Å². The lowest BCUT2D eigenvalue weighted by atomic mass is 10.2. The Balaban J connectivity index is 1.96. The minimum atomic E-state index is -4.34. The molecule has 0 bridgehead atoms. The Labute approximate surface area is 154 Å². The van der Waals surface area contributed by atoms with E-state index in [0.29, 0.717) is 23.1 Å². The average molecular weight is 387 g/mol. The second kappa shape index (κ2) is 8.68. The summed E-state index contributed by atoms with van der Waals surface area (Å²) in [4.78, 5) is 0.984. The van der Waals surface area contributed by atoms with E-state index in [9.17, 15) is 13.2 Å². The van der Waals surface area contributed by atoms with Crippen molar-refractivity contribution in [2.75, 3.05) is 12.4 Å². The van der Waals surface area contributed by atoms with Crippen LogP contribution in [0.4, 0.5) is 13.2 Å². The molecular formula is C19H18ClF3OS. The smallest absolute Gasteiger partial charge is 0.416 e. The number of hydrogen-bond donors (Lipinski definition) is 0. The van der Waals surface area contributed by atoms with Crippen molar-refractivity contribution in [3.8, 4) is 5.75 Å². The lowest BCUT2D eigenvalue weighted by Crippen LogP contribution is -2.07. The first-order chi connectivity index (χ1) is 11.8. The minimum absolute atomic E-state index is 0.325. The molecule has 6 heteroatoms. The molecule has 0 unspecified atom stereocenters. The van der Waals surface area contributed by atoms with Crippen molar-refractivity contribution in [1.82, 2.24) is 0 Å². The summed E-state index contributed by atoms with van der Waals surface area (Å²) in [5, 5.41) is 0.698. The maximum absolute atomic E-state index is 12.6. The lowest BCUT2D eigenvalue weighted by molar-refractivity contribution is -0.137. The summed E-state index contributed by atoms with van der Waals surface area (Å²) in [5.74, 6) is 1.11. The highest BCUT2D eigenvalue weighted by Gasteiger charge is 2.30. The number of halogens is 4. The number of rotatable bonds is 6.